The number of nitrogens with two attached hydrogens (primary N) is 1. The van der Waals surface area contributed by atoms with Crippen molar-refractivity contribution in [2.75, 3.05) is 24.1 Å². The topological polar surface area (TPSA) is 108 Å². The lowest BCUT2D eigenvalue weighted by Gasteiger charge is -2.28. The van der Waals surface area contributed by atoms with Gasteiger partial charge in [-0.15, -0.1) is 0 Å². The summed E-state index contributed by atoms with van der Waals surface area (Å²) < 4.78 is 0. The van der Waals surface area contributed by atoms with Crippen LogP contribution in [-0.4, -0.2) is 47.1 Å². The molecule has 0 aliphatic carbocycles. The number of amides is 2. The largest absolute Gasteiger partial charge is 0.397 e. The summed E-state index contributed by atoms with van der Waals surface area (Å²) in [6.45, 7) is 4.99. The van der Waals surface area contributed by atoms with Gasteiger partial charge in [-0.2, -0.15) is 0 Å². The number of nitrogens with zero attached hydrogens (tertiary/aromatic N) is 1. The molecule has 5 N–H and O–H groups in total. The van der Waals surface area contributed by atoms with Gasteiger partial charge in [-0.1, -0.05) is 36.4 Å². The van der Waals surface area contributed by atoms with Crippen LogP contribution in [0.15, 0.2) is 54.6 Å². The number of anilines is 2. The number of carbonyl (C=O) groups excluding carboxylic acids is 2. The maximum atomic E-state index is 12.8. The number of benzene rings is 2. The van der Waals surface area contributed by atoms with Crippen LogP contribution >= 0.6 is 0 Å². The Morgan fingerprint density at radius 2 is 1.87 bits per heavy atom. The first kappa shape index (κ1) is 22.5. The molecule has 0 radical (unpaired) electrons. The Morgan fingerprint density at radius 1 is 1.16 bits per heavy atom. The number of hydrogen-bond acceptors (Lipinski definition) is 5. The molecule has 3 rings (SSSR count). The second-order valence-corrected chi connectivity index (χ2v) is 8.08. The highest BCUT2D eigenvalue weighted by molar-refractivity contribution is 6.03. The molecule has 1 heterocycles. The van der Waals surface area contributed by atoms with Crippen LogP contribution in [-0.2, 0) is 9.59 Å². The zero-order valence-electron chi connectivity index (χ0n) is 17.9. The monoisotopic (exact) mass is 422 g/mol. The fourth-order valence-corrected chi connectivity index (χ4v) is 3.64. The van der Waals surface area contributed by atoms with E-state index >= 15 is 0 Å². The predicted molar refractivity (Wildman–Crippen MR) is 123 cm³/mol. The maximum Gasteiger partial charge on any atom is 0.248 e. The van der Waals surface area contributed by atoms with Gasteiger partial charge in [0, 0.05) is 25.2 Å². The Balaban J connectivity index is 1.70. The van der Waals surface area contributed by atoms with E-state index < -0.39 is 12.1 Å². The highest BCUT2D eigenvalue weighted by Gasteiger charge is 2.33. The van der Waals surface area contributed by atoms with Crippen LogP contribution < -0.4 is 16.4 Å². The number of aliphatic hydroxyl groups excluding tert-OH is 1. The second kappa shape index (κ2) is 10.2. The molecule has 0 saturated carbocycles. The minimum absolute atomic E-state index is 0.0295. The molecule has 2 amide bonds. The van der Waals surface area contributed by atoms with Crippen LogP contribution in [0.1, 0.15) is 37.4 Å². The van der Waals surface area contributed by atoms with E-state index in [9.17, 15) is 14.7 Å². The quantitative estimate of drug-likeness (QED) is 0.405. The lowest BCUT2D eigenvalue weighted by molar-refractivity contribution is -0.127. The number of carbonyl (C=O) groups is 2. The van der Waals surface area contributed by atoms with Crippen molar-refractivity contribution < 1.29 is 14.7 Å². The van der Waals surface area contributed by atoms with Crippen LogP contribution in [0.25, 0.3) is 6.08 Å². The van der Waals surface area contributed by atoms with Crippen LogP contribution in [0, 0.1) is 0 Å². The second-order valence-electron chi connectivity index (χ2n) is 8.08. The summed E-state index contributed by atoms with van der Waals surface area (Å²) in [5.74, 6) is -0.352. The molecule has 0 spiro atoms. The molecule has 164 valence electrons. The van der Waals surface area contributed by atoms with Crippen LogP contribution in [0.4, 0.5) is 11.4 Å². The third-order valence-corrected chi connectivity index (χ3v) is 5.14. The molecule has 1 aliphatic rings. The van der Waals surface area contributed by atoms with E-state index in [1.807, 2.05) is 43.0 Å². The van der Waals surface area contributed by atoms with Gasteiger partial charge in [-0.25, -0.2) is 0 Å². The fraction of sp³-hybridized carbons (Fsp3) is 0.333. The molecular formula is C24H30N4O3. The number of hydrogen-bond donors (Lipinski definition) is 4. The van der Waals surface area contributed by atoms with Crippen LogP contribution in [0.3, 0.4) is 0 Å². The number of para-hydroxylation sites is 2. The van der Waals surface area contributed by atoms with E-state index in [1.165, 1.54) is 6.08 Å². The standard InChI is InChI=1S/C24H30N4O3/c1-16(2)26-24(31)23(28-14-13-19(29)15-28)18-10-7-17(8-11-18)9-12-22(30)27-21-6-4-3-5-20(21)25/h3-12,16,19,23,29H,13-15,25H2,1-2H3,(H,26,31)(H,27,30)/b12-9+/t19-,23?/m0/s1. The summed E-state index contributed by atoms with van der Waals surface area (Å²) in [5, 5.41) is 15.6. The van der Waals surface area contributed by atoms with Gasteiger partial charge in [0.25, 0.3) is 0 Å². The van der Waals surface area contributed by atoms with Gasteiger partial charge in [-0.05, 0) is 49.6 Å². The van der Waals surface area contributed by atoms with E-state index in [4.69, 9.17) is 5.73 Å². The lowest BCUT2D eigenvalue weighted by Crippen LogP contribution is -2.42. The zero-order valence-corrected chi connectivity index (χ0v) is 17.9. The summed E-state index contributed by atoms with van der Waals surface area (Å²) in [4.78, 5) is 27.0. The highest BCUT2D eigenvalue weighted by Crippen LogP contribution is 2.26. The molecule has 31 heavy (non-hydrogen) atoms. The third-order valence-electron chi connectivity index (χ3n) is 5.14. The Labute approximate surface area is 182 Å². The fourth-order valence-electron chi connectivity index (χ4n) is 3.64. The molecule has 1 unspecified atom stereocenters. The van der Waals surface area contributed by atoms with Gasteiger partial charge < -0.3 is 21.5 Å². The molecule has 1 aliphatic heterocycles. The lowest BCUT2D eigenvalue weighted by atomic mass is 10.0. The number of aliphatic hydroxyl groups is 1. The molecular weight excluding hydrogens is 392 g/mol. The molecule has 1 saturated heterocycles. The Hall–Kier alpha value is -3.16. The van der Waals surface area contributed by atoms with Crippen LogP contribution in [0.5, 0.6) is 0 Å². The average molecular weight is 423 g/mol. The normalized spacial score (nSPS) is 17.7. The number of likely N-dealkylation sites (tertiary alicyclic amines) is 1. The highest BCUT2D eigenvalue weighted by atomic mass is 16.3. The first-order valence-electron chi connectivity index (χ1n) is 10.5. The zero-order chi connectivity index (χ0) is 22.4. The van der Waals surface area contributed by atoms with Crippen LogP contribution in [0.2, 0.25) is 0 Å². The van der Waals surface area contributed by atoms with Gasteiger partial charge in [0.1, 0.15) is 6.04 Å². The van der Waals surface area contributed by atoms with Gasteiger partial charge in [0.05, 0.1) is 17.5 Å². The van der Waals surface area contributed by atoms with E-state index in [0.29, 0.717) is 30.9 Å². The molecule has 1 fully saturated rings. The molecule has 0 aromatic heterocycles. The number of rotatable bonds is 7. The van der Waals surface area contributed by atoms with Gasteiger partial charge in [0.15, 0.2) is 0 Å². The number of nitrogens with one attached hydrogen (secondary N) is 2. The van der Waals surface area contributed by atoms with Crippen molar-refractivity contribution in [3.8, 4) is 0 Å². The minimum atomic E-state index is -0.457. The number of β-amino-alcohol motifs (C(OH)–C–C–N with tert-alkyl or cyclic N) is 1. The maximum absolute atomic E-state index is 12.8. The Bertz CT molecular complexity index is 940. The molecule has 2 atom stereocenters. The minimum Gasteiger partial charge on any atom is -0.397 e. The summed E-state index contributed by atoms with van der Waals surface area (Å²) >= 11 is 0. The van der Waals surface area contributed by atoms with Crippen molar-refractivity contribution in [3.63, 3.8) is 0 Å². The Kier molecular flexibility index (Phi) is 7.44. The average Bonchev–Trinajstić information content (AvgIpc) is 3.14. The van der Waals surface area contributed by atoms with Gasteiger partial charge in [-0.3, -0.25) is 14.5 Å². The summed E-state index contributed by atoms with van der Waals surface area (Å²) in [5.41, 5.74) is 8.61. The van der Waals surface area contributed by atoms with E-state index in [0.717, 1.165) is 11.1 Å². The summed E-state index contributed by atoms with van der Waals surface area (Å²) in [6, 6.07) is 14.2. The summed E-state index contributed by atoms with van der Waals surface area (Å²) in [7, 11) is 0. The first-order valence-corrected chi connectivity index (χ1v) is 10.5. The van der Waals surface area contributed by atoms with E-state index in [2.05, 4.69) is 10.6 Å². The first-order chi connectivity index (χ1) is 14.8. The number of nitrogen functional groups attached to an aromatic ring is 1. The van der Waals surface area contributed by atoms with E-state index in [-0.39, 0.29) is 17.9 Å². The molecule has 2 aromatic carbocycles. The third kappa shape index (κ3) is 6.16. The van der Waals surface area contributed by atoms with Gasteiger partial charge >= 0.3 is 0 Å². The predicted octanol–water partition coefficient (Wildman–Crippen LogP) is 2.55. The summed E-state index contributed by atoms with van der Waals surface area (Å²) in [6.07, 6.45) is 3.41. The van der Waals surface area contributed by atoms with Crippen molar-refractivity contribution >= 4 is 29.3 Å². The van der Waals surface area contributed by atoms with Crippen molar-refractivity contribution in [2.45, 2.75) is 38.5 Å². The molecule has 7 heteroatoms. The molecule has 0 bridgehead atoms. The van der Waals surface area contributed by atoms with Crippen molar-refractivity contribution in [2.24, 2.45) is 0 Å². The Morgan fingerprint density at radius 3 is 2.48 bits per heavy atom. The van der Waals surface area contributed by atoms with Gasteiger partial charge in [0.2, 0.25) is 11.8 Å². The van der Waals surface area contributed by atoms with Crippen molar-refractivity contribution in [1.82, 2.24) is 10.2 Å². The smallest absolute Gasteiger partial charge is 0.248 e. The van der Waals surface area contributed by atoms with Crippen molar-refractivity contribution in [3.05, 3.63) is 65.7 Å². The van der Waals surface area contributed by atoms with E-state index in [1.54, 1.807) is 30.3 Å². The SMILES string of the molecule is CC(C)NC(=O)C(c1ccc(/C=C/C(=O)Nc2ccccc2N)cc1)N1CC[C@H](O)C1. The molecule has 2 aromatic rings. The molecule has 7 nitrogen and oxygen atoms in total. The van der Waals surface area contributed by atoms with Crippen molar-refractivity contribution in [1.29, 1.82) is 0 Å².